The molecule has 104 valence electrons. The second-order valence-electron chi connectivity index (χ2n) is 4.93. The van der Waals surface area contributed by atoms with E-state index in [1.165, 1.54) is 0 Å². The SMILES string of the molecule is CCN(C)Cc1cn(CCCCOC(C)C)nn1. The third-order valence-corrected chi connectivity index (χ3v) is 2.79. The summed E-state index contributed by atoms with van der Waals surface area (Å²) in [6.45, 7) is 9.91. The van der Waals surface area contributed by atoms with Crippen molar-refractivity contribution in [2.45, 2.75) is 52.8 Å². The second kappa shape index (κ2) is 8.21. The van der Waals surface area contributed by atoms with Gasteiger partial charge in [0.1, 0.15) is 0 Å². The van der Waals surface area contributed by atoms with Crippen LogP contribution in [-0.2, 0) is 17.8 Å². The summed E-state index contributed by atoms with van der Waals surface area (Å²) in [6, 6.07) is 0. The Labute approximate surface area is 110 Å². The maximum absolute atomic E-state index is 5.50. The fourth-order valence-corrected chi connectivity index (χ4v) is 1.60. The Morgan fingerprint density at radius 1 is 1.39 bits per heavy atom. The third kappa shape index (κ3) is 6.12. The largest absolute Gasteiger partial charge is 0.379 e. The molecule has 0 spiro atoms. The summed E-state index contributed by atoms with van der Waals surface area (Å²) >= 11 is 0. The van der Waals surface area contributed by atoms with Crippen LogP contribution in [-0.4, -0.2) is 46.2 Å². The topological polar surface area (TPSA) is 43.2 Å². The summed E-state index contributed by atoms with van der Waals surface area (Å²) in [5.41, 5.74) is 1.04. The van der Waals surface area contributed by atoms with Crippen LogP contribution >= 0.6 is 0 Å². The average molecular weight is 254 g/mol. The molecule has 1 heterocycles. The molecule has 0 bridgehead atoms. The highest BCUT2D eigenvalue weighted by molar-refractivity contribution is 4.91. The van der Waals surface area contributed by atoms with Crippen LogP contribution in [0.25, 0.3) is 0 Å². The highest BCUT2D eigenvalue weighted by atomic mass is 16.5. The maximum Gasteiger partial charge on any atom is 0.0967 e. The van der Waals surface area contributed by atoms with E-state index in [4.69, 9.17) is 4.74 Å². The molecule has 5 heteroatoms. The first kappa shape index (κ1) is 15.1. The summed E-state index contributed by atoms with van der Waals surface area (Å²) in [6.07, 6.45) is 4.52. The van der Waals surface area contributed by atoms with Gasteiger partial charge in [0.05, 0.1) is 11.8 Å². The van der Waals surface area contributed by atoms with Crippen LogP contribution in [0.5, 0.6) is 0 Å². The summed E-state index contributed by atoms with van der Waals surface area (Å²) < 4.78 is 7.43. The van der Waals surface area contributed by atoms with Gasteiger partial charge < -0.3 is 9.64 Å². The molecular weight excluding hydrogens is 228 g/mol. The molecule has 5 nitrogen and oxygen atoms in total. The molecule has 0 radical (unpaired) electrons. The fourth-order valence-electron chi connectivity index (χ4n) is 1.60. The Hall–Kier alpha value is -0.940. The van der Waals surface area contributed by atoms with E-state index in [1.807, 2.05) is 10.9 Å². The average Bonchev–Trinajstić information content (AvgIpc) is 2.75. The van der Waals surface area contributed by atoms with E-state index in [1.54, 1.807) is 0 Å². The minimum atomic E-state index is 0.326. The zero-order valence-electron chi connectivity index (χ0n) is 12.1. The molecule has 0 aliphatic rings. The van der Waals surface area contributed by atoms with Crippen molar-refractivity contribution < 1.29 is 4.74 Å². The highest BCUT2D eigenvalue weighted by Gasteiger charge is 2.03. The highest BCUT2D eigenvalue weighted by Crippen LogP contribution is 2.01. The lowest BCUT2D eigenvalue weighted by Crippen LogP contribution is -2.16. The zero-order chi connectivity index (χ0) is 13.4. The van der Waals surface area contributed by atoms with E-state index in [0.717, 1.165) is 44.8 Å². The van der Waals surface area contributed by atoms with Gasteiger partial charge in [-0.3, -0.25) is 4.68 Å². The summed E-state index contributed by atoms with van der Waals surface area (Å²) in [5, 5.41) is 8.31. The zero-order valence-corrected chi connectivity index (χ0v) is 12.1. The lowest BCUT2D eigenvalue weighted by atomic mass is 10.3. The molecule has 0 fully saturated rings. The molecule has 0 saturated carbocycles. The minimum absolute atomic E-state index is 0.326. The van der Waals surface area contributed by atoms with Crippen LogP contribution in [0, 0.1) is 0 Å². The first-order valence-electron chi connectivity index (χ1n) is 6.81. The molecule has 1 aromatic rings. The molecule has 1 aromatic heterocycles. The normalized spacial score (nSPS) is 11.7. The van der Waals surface area contributed by atoms with Crippen molar-refractivity contribution in [2.75, 3.05) is 20.2 Å². The van der Waals surface area contributed by atoms with Crippen LogP contribution in [0.15, 0.2) is 6.20 Å². The predicted molar refractivity (Wildman–Crippen MR) is 72.4 cm³/mol. The summed E-state index contributed by atoms with van der Waals surface area (Å²) in [4.78, 5) is 2.21. The second-order valence-corrected chi connectivity index (χ2v) is 4.93. The Morgan fingerprint density at radius 3 is 2.83 bits per heavy atom. The lowest BCUT2D eigenvalue weighted by Gasteiger charge is -2.10. The van der Waals surface area contributed by atoms with E-state index < -0.39 is 0 Å². The Bertz CT molecular complexity index is 325. The van der Waals surface area contributed by atoms with Gasteiger partial charge in [0.15, 0.2) is 0 Å². The number of aryl methyl sites for hydroxylation is 1. The number of nitrogens with zero attached hydrogens (tertiary/aromatic N) is 4. The van der Waals surface area contributed by atoms with E-state index in [2.05, 4.69) is 43.0 Å². The Balaban J connectivity index is 2.19. The number of rotatable bonds is 9. The number of aromatic nitrogens is 3. The number of ether oxygens (including phenoxy) is 1. The minimum Gasteiger partial charge on any atom is -0.379 e. The van der Waals surface area contributed by atoms with E-state index in [-0.39, 0.29) is 0 Å². The molecule has 1 rings (SSSR count). The molecule has 0 atom stereocenters. The number of unbranched alkanes of at least 4 members (excludes halogenated alkanes) is 1. The Kier molecular flexibility index (Phi) is 6.90. The smallest absolute Gasteiger partial charge is 0.0967 e. The number of hydrogen-bond acceptors (Lipinski definition) is 4. The van der Waals surface area contributed by atoms with Crippen molar-refractivity contribution >= 4 is 0 Å². The first-order chi connectivity index (χ1) is 8.61. The van der Waals surface area contributed by atoms with Crippen LogP contribution < -0.4 is 0 Å². The summed E-state index contributed by atoms with van der Waals surface area (Å²) in [5.74, 6) is 0. The molecule has 0 amide bonds. The van der Waals surface area contributed by atoms with Crippen LogP contribution in [0.3, 0.4) is 0 Å². The van der Waals surface area contributed by atoms with Gasteiger partial charge in [-0.25, -0.2) is 0 Å². The lowest BCUT2D eigenvalue weighted by molar-refractivity contribution is 0.0753. The van der Waals surface area contributed by atoms with Crippen LogP contribution in [0.2, 0.25) is 0 Å². The van der Waals surface area contributed by atoms with E-state index >= 15 is 0 Å². The van der Waals surface area contributed by atoms with Gasteiger partial charge in [-0.2, -0.15) is 0 Å². The first-order valence-corrected chi connectivity index (χ1v) is 6.81. The van der Waals surface area contributed by atoms with Gasteiger partial charge in [0.25, 0.3) is 0 Å². The predicted octanol–water partition coefficient (Wildman–Crippen LogP) is 1.93. The quantitative estimate of drug-likeness (QED) is 0.632. The molecule has 0 N–H and O–H groups in total. The fraction of sp³-hybridized carbons (Fsp3) is 0.846. The van der Waals surface area contributed by atoms with Crippen molar-refractivity contribution in [1.29, 1.82) is 0 Å². The van der Waals surface area contributed by atoms with E-state index in [9.17, 15) is 0 Å². The molecule has 0 aliphatic heterocycles. The molecule has 0 saturated heterocycles. The van der Waals surface area contributed by atoms with Gasteiger partial charge >= 0.3 is 0 Å². The molecular formula is C13H26N4O. The van der Waals surface area contributed by atoms with Crippen molar-refractivity contribution in [1.82, 2.24) is 19.9 Å². The maximum atomic E-state index is 5.50. The van der Waals surface area contributed by atoms with Gasteiger partial charge in [0, 0.05) is 25.9 Å². The third-order valence-electron chi connectivity index (χ3n) is 2.79. The van der Waals surface area contributed by atoms with Crippen LogP contribution in [0.4, 0.5) is 0 Å². The monoisotopic (exact) mass is 254 g/mol. The molecule has 18 heavy (non-hydrogen) atoms. The van der Waals surface area contributed by atoms with Crippen molar-refractivity contribution in [2.24, 2.45) is 0 Å². The van der Waals surface area contributed by atoms with Crippen molar-refractivity contribution in [3.8, 4) is 0 Å². The van der Waals surface area contributed by atoms with Gasteiger partial charge in [-0.05, 0) is 40.3 Å². The van der Waals surface area contributed by atoms with E-state index in [0.29, 0.717) is 6.10 Å². The molecule has 0 aromatic carbocycles. The molecule has 0 aliphatic carbocycles. The van der Waals surface area contributed by atoms with Crippen molar-refractivity contribution in [3.05, 3.63) is 11.9 Å². The van der Waals surface area contributed by atoms with Crippen molar-refractivity contribution in [3.63, 3.8) is 0 Å². The van der Waals surface area contributed by atoms with Crippen LogP contribution in [0.1, 0.15) is 39.3 Å². The number of hydrogen-bond donors (Lipinski definition) is 0. The Morgan fingerprint density at radius 2 is 2.17 bits per heavy atom. The summed E-state index contributed by atoms with van der Waals surface area (Å²) in [7, 11) is 2.09. The molecule has 0 unspecified atom stereocenters. The van der Waals surface area contributed by atoms with Gasteiger partial charge in [-0.1, -0.05) is 12.1 Å². The standard InChI is InChI=1S/C13H26N4O/c1-5-16(4)10-13-11-17(15-14-13)8-6-7-9-18-12(2)3/h11-12H,5-10H2,1-4H3. The van der Waals surface area contributed by atoms with Gasteiger partial charge in [-0.15, -0.1) is 5.10 Å². The van der Waals surface area contributed by atoms with Gasteiger partial charge in [0.2, 0.25) is 0 Å².